The number of amides is 1. The normalized spacial score (nSPS) is 21.3. The van der Waals surface area contributed by atoms with E-state index in [1.54, 1.807) is 23.1 Å². The van der Waals surface area contributed by atoms with Crippen molar-refractivity contribution >= 4 is 11.6 Å². The Kier molecular flexibility index (Phi) is 3.26. The molecule has 3 nitrogen and oxygen atoms in total. The molecule has 21 heavy (non-hydrogen) atoms. The van der Waals surface area contributed by atoms with Crippen molar-refractivity contribution in [3.8, 4) is 0 Å². The number of β-lactam (4-membered cyclic amide) rings is 1. The third-order valence-electron chi connectivity index (χ3n) is 4.13. The van der Waals surface area contributed by atoms with E-state index < -0.39 is 12.1 Å². The second kappa shape index (κ2) is 4.97. The van der Waals surface area contributed by atoms with Crippen molar-refractivity contribution in [2.24, 2.45) is 5.73 Å². The number of hydrogen-bond donors (Lipinski definition) is 1. The maximum Gasteiger partial charge on any atom is 0.247 e. The van der Waals surface area contributed by atoms with Crippen molar-refractivity contribution in [1.82, 2.24) is 0 Å². The summed E-state index contributed by atoms with van der Waals surface area (Å²) in [4.78, 5) is 13.7. The van der Waals surface area contributed by atoms with E-state index in [2.05, 4.69) is 0 Å². The monoisotopic (exact) mass is 284 g/mol. The summed E-state index contributed by atoms with van der Waals surface area (Å²) in [5, 5.41) is 0. The van der Waals surface area contributed by atoms with E-state index >= 15 is 0 Å². The van der Waals surface area contributed by atoms with Crippen LogP contribution in [0.5, 0.6) is 0 Å². The second-order valence-electron chi connectivity index (χ2n) is 5.47. The topological polar surface area (TPSA) is 46.3 Å². The van der Waals surface area contributed by atoms with Crippen LogP contribution >= 0.6 is 0 Å². The van der Waals surface area contributed by atoms with Gasteiger partial charge in [-0.05, 0) is 43.2 Å². The molecule has 4 heteroatoms. The molecule has 1 fully saturated rings. The average Bonchev–Trinajstić information content (AvgIpc) is 2.48. The molecule has 0 unspecified atom stereocenters. The Bertz CT molecular complexity index is 714. The van der Waals surface area contributed by atoms with Gasteiger partial charge in [-0.15, -0.1) is 0 Å². The Morgan fingerprint density at radius 2 is 1.81 bits per heavy atom. The zero-order valence-corrected chi connectivity index (χ0v) is 12.0. The van der Waals surface area contributed by atoms with Crippen LogP contribution in [-0.2, 0) is 4.79 Å². The van der Waals surface area contributed by atoms with Gasteiger partial charge in [0.2, 0.25) is 5.91 Å². The Morgan fingerprint density at radius 3 is 2.48 bits per heavy atom. The molecule has 0 saturated carbocycles. The average molecular weight is 284 g/mol. The summed E-state index contributed by atoms with van der Waals surface area (Å²) >= 11 is 0. The van der Waals surface area contributed by atoms with E-state index in [1.807, 2.05) is 32.0 Å². The Balaban J connectivity index is 2.02. The molecule has 0 aliphatic carbocycles. The molecule has 0 bridgehead atoms. The van der Waals surface area contributed by atoms with Crippen LogP contribution in [0.2, 0.25) is 0 Å². The first-order chi connectivity index (χ1) is 10.0. The highest BCUT2D eigenvalue weighted by Gasteiger charge is 2.47. The van der Waals surface area contributed by atoms with Crippen molar-refractivity contribution < 1.29 is 9.18 Å². The predicted octanol–water partition coefficient (Wildman–Crippen LogP) is 2.86. The molecule has 0 spiro atoms. The van der Waals surface area contributed by atoms with Gasteiger partial charge in [0.05, 0.1) is 6.04 Å². The quantitative estimate of drug-likeness (QED) is 0.862. The predicted molar refractivity (Wildman–Crippen MR) is 80.5 cm³/mol. The highest BCUT2D eigenvalue weighted by atomic mass is 19.1. The van der Waals surface area contributed by atoms with Crippen molar-refractivity contribution in [1.29, 1.82) is 0 Å². The van der Waals surface area contributed by atoms with Crippen LogP contribution in [0.3, 0.4) is 0 Å². The summed E-state index contributed by atoms with van der Waals surface area (Å²) in [6.45, 7) is 4.00. The van der Waals surface area contributed by atoms with Gasteiger partial charge in [0, 0.05) is 11.3 Å². The van der Waals surface area contributed by atoms with E-state index in [9.17, 15) is 9.18 Å². The first-order valence-corrected chi connectivity index (χ1v) is 6.91. The second-order valence-corrected chi connectivity index (χ2v) is 5.47. The largest absolute Gasteiger partial charge is 0.318 e. The van der Waals surface area contributed by atoms with E-state index in [0.29, 0.717) is 5.56 Å². The van der Waals surface area contributed by atoms with Gasteiger partial charge < -0.3 is 10.6 Å². The minimum Gasteiger partial charge on any atom is -0.318 e. The standard InChI is InChI=1S/C17H17FN2O/c1-10-7-8-12(9-11(10)2)20-16(15(19)17(20)21)13-5-3-4-6-14(13)18/h3-9,15-16H,19H2,1-2H3/t15-,16+/m1/s1. The fourth-order valence-electron chi connectivity index (χ4n) is 2.72. The smallest absolute Gasteiger partial charge is 0.247 e. The molecular weight excluding hydrogens is 267 g/mol. The van der Waals surface area contributed by atoms with E-state index in [1.165, 1.54) is 6.07 Å². The summed E-state index contributed by atoms with van der Waals surface area (Å²) in [6, 6.07) is 11.1. The van der Waals surface area contributed by atoms with Crippen molar-refractivity contribution in [3.63, 3.8) is 0 Å². The molecular formula is C17H17FN2O. The van der Waals surface area contributed by atoms with Crippen LogP contribution < -0.4 is 10.6 Å². The molecule has 1 aliphatic heterocycles. The summed E-state index contributed by atoms with van der Waals surface area (Å²) in [6.07, 6.45) is 0. The fourth-order valence-corrected chi connectivity index (χ4v) is 2.72. The Hall–Kier alpha value is -2.20. The van der Waals surface area contributed by atoms with Crippen LogP contribution in [0, 0.1) is 19.7 Å². The molecule has 1 heterocycles. The van der Waals surface area contributed by atoms with Gasteiger partial charge in [0.15, 0.2) is 0 Å². The maximum atomic E-state index is 14.0. The number of benzene rings is 2. The molecule has 1 aliphatic rings. The number of aryl methyl sites for hydroxylation is 2. The van der Waals surface area contributed by atoms with E-state index in [-0.39, 0.29) is 11.7 Å². The third-order valence-corrected chi connectivity index (χ3v) is 4.13. The first-order valence-electron chi connectivity index (χ1n) is 6.91. The van der Waals surface area contributed by atoms with Crippen LogP contribution in [-0.4, -0.2) is 11.9 Å². The third kappa shape index (κ3) is 2.12. The number of halogens is 1. The molecule has 3 rings (SSSR count). The summed E-state index contributed by atoms with van der Waals surface area (Å²) in [5.41, 5.74) is 9.37. The Labute approximate surface area is 123 Å². The summed E-state index contributed by atoms with van der Waals surface area (Å²) in [7, 11) is 0. The van der Waals surface area contributed by atoms with Crippen LogP contribution in [0.1, 0.15) is 22.7 Å². The Morgan fingerprint density at radius 1 is 1.10 bits per heavy atom. The molecule has 2 atom stereocenters. The van der Waals surface area contributed by atoms with Crippen molar-refractivity contribution in [2.45, 2.75) is 25.9 Å². The number of nitrogens with two attached hydrogens (primary N) is 1. The van der Waals surface area contributed by atoms with E-state index in [4.69, 9.17) is 5.73 Å². The molecule has 2 aromatic carbocycles. The molecule has 0 radical (unpaired) electrons. The number of carbonyl (C=O) groups excluding carboxylic acids is 1. The number of nitrogens with zero attached hydrogens (tertiary/aromatic N) is 1. The van der Waals surface area contributed by atoms with Crippen LogP contribution in [0.25, 0.3) is 0 Å². The number of carbonyl (C=O) groups is 1. The molecule has 108 valence electrons. The summed E-state index contributed by atoms with van der Waals surface area (Å²) in [5.74, 6) is -0.509. The van der Waals surface area contributed by atoms with Gasteiger partial charge in [-0.3, -0.25) is 4.79 Å². The number of rotatable bonds is 2. The molecule has 1 amide bonds. The van der Waals surface area contributed by atoms with Crippen molar-refractivity contribution in [3.05, 3.63) is 65.0 Å². The zero-order valence-electron chi connectivity index (χ0n) is 12.0. The van der Waals surface area contributed by atoms with Crippen LogP contribution in [0.4, 0.5) is 10.1 Å². The lowest BCUT2D eigenvalue weighted by Gasteiger charge is -2.45. The van der Waals surface area contributed by atoms with Crippen molar-refractivity contribution in [2.75, 3.05) is 4.90 Å². The lowest BCUT2D eigenvalue weighted by Crippen LogP contribution is -2.63. The molecule has 1 saturated heterocycles. The minimum atomic E-state index is -0.691. The highest BCUT2D eigenvalue weighted by molar-refractivity contribution is 6.05. The number of anilines is 1. The van der Waals surface area contributed by atoms with Gasteiger partial charge in [0.25, 0.3) is 0 Å². The van der Waals surface area contributed by atoms with Gasteiger partial charge in [0.1, 0.15) is 11.9 Å². The molecule has 0 aromatic heterocycles. The minimum absolute atomic E-state index is 0.175. The van der Waals surface area contributed by atoms with Gasteiger partial charge >= 0.3 is 0 Å². The lowest BCUT2D eigenvalue weighted by atomic mass is 9.87. The number of hydrogen-bond acceptors (Lipinski definition) is 2. The van der Waals surface area contributed by atoms with Gasteiger partial charge in [-0.1, -0.05) is 24.3 Å². The maximum absolute atomic E-state index is 14.0. The van der Waals surface area contributed by atoms with Gasteiger partial charge in [-0.25, -0.2) is 4.39 Å². The SMILES string of the molecule is Cc1ccc(N2C(=O)[C@H](N)[C@@H]2c2ccccc2F)cc1C. The van der Waals surface area contributed by atoms with Crippen LogP contribution in [0.15, 0.2) is 42.5 Å². The fraction of sp³-hybridized carbons (Fsp3) is 0.235. The highest BCUT2D eigenvalue weighted by Crippen LogP contribution is 2.39. The lowest BCUT2D eigenvalue weighted by molar-refractivity contribution is -0.126. The van der Waals surface area contributed by atoms with E-state index in [0.717, 1.165) is 16.8 Å². The van der Waals surface area contributed by atoms with Gasteiger partial charge in [-0.2, -0.15) is 0 Å². The first kappa shape index (κ1) is 13.8. The summed E-state index contributed by atoms with van der Waals surface area (Å²) < 4.78 is 14.0. The zero-order chi connectivity index (χ0) is 15.1. The molecule has 2 aromatic rings. The molecule has 2 N–H and O–H groups in total.